The van der Waals surface area contributed by atoms with Crippen LogP contribution in [0.25, 0.3) is 0 Å². The molecule has 28 heteroatoms. The quantitative estimate of drug-likeness (QED) is 0.0435. The second kappa shape index (κ2) is 28.4. The number of amides is 10. The molecule has 4 bridgehead atoms. The van der Waals surface area contributed by atoms with E-state index in [9.17, 15) is 48.3 Å². The molecule has 4 heterocycles. The van der Waals surface area contributed by atoms with E-state index in [-0.39, 0.29) is 55.2 Å². The molecular weight excluding hydrogens is 1140 g/mol. The predicted molar refractivity (Wildman–Crippen MR) is 303 cm³/mol. The molecule has 24 nitrogen and oxygen atoms in total. The first kappa shape index (κ1) is 66.4. The van der Waals surface area contributed by atoms with Crippen LogP contribution in [-0.2, 0) is 60.3 Å². The van der Waals surface area contributed by atoms with Gasteiger partial charge in [-0.3, -0.25) is 44.3 Å². The molecule has 2 aromatic rings. The van der Waals surface area contributed by atoms with Gasteiger partial charge < -0.3 is 60.7 Å². The molecule has 0 radical (unpaired) electrons. The minimum Gasteiger partial charge on any atom is -0.495 e. The van der Waals surface area contributed by atoms with Crippen molar-refractivity contribution >= 4 is 82.3 Å². The van der Waals surface area contributed by atoms with E-state index in [1.165, 1.54) is 45.2 Å². The Hall–Kier alpha value is -7.75. The Morgan fingerprint density at radius 2 is 1.68 bits per heavy atom. The summed E-state index contributed by atoms with van der Waals surface area (Å²) < 4.78 is 74.0. The smallest absolute Gasteiger partial charge is 0.418 e. The van der Waals surface area contributed by atoms with Crippen LogP contribution in [0.3, 0.4) is 0 Å². The van der Waals surface area contributed by atoms with Gasteiger partial charge in [0, 0.05) is 63.8 Å². The van der Waals surface area contributed by atoms with Crippen molar-refractivity contribution in [1.82, 2.24) is 26.2 Å². The number of benzene rings is 2. The van der Waals surface area contributed by atoms with Gasteiger partial charge in [-0.25, -0.2) is 14.4 Å². The van der Waals surface area contributed by atoms with E-state index in [1.807, 2.05) is 6.92 Å². The molecule has 2 aromatic carbocycles. The number of primary amides is 1. The number of hydrogen-bond acceptors (Lipinski definition) is 15. The number of halogens is 4. The van der Waals surface area contributed by atoms with Crippen LogP contribution in [0.15, 0.2) is 66.3 Å². The maximum atomic E-state index is 15.0. The Kier molecular flexibility index (Phi) is 22.2. The Morgan fingerprint density at radius 3 is 2.33 bits per heavy atom. The molecular formula is C57H73ClF3N9O15. The first-order valence-corrected chi connectivity index (χ1v) is 27.9. The minimum atomic E-state index is -5.19. The largest absolute Gasteiger partial charge is 0.495 e. The number of aliphatic hydroxyl groups is 1. The molecule has 6 rings (SSSR count). The highest BCUT2D eigenvalue weighted by Gasteiger charge is 2.64. The summed E-state index contributed by atoms with van der Waals surface area (Å²) in [6, 6.07) is 2.25. The summed E-state index contributed by atoms with van der Waals surface area (Å²) in [7, 11) is 4.16. The lowest BCUT2D eigenvalue weighted by atomic mass is 9.83. The number of anilines is 3. The number of methoxy groups -OCH3 is 2. The molecule has 0 aromatic heterocycles. The highest BCUT2D eigenvalue weighted by Crippen LogP contribution is 2.49. The second-order valence-electron chi connectivity index (χ2n) is 21.8. The van der Waals surface area contributed by atoms with Crippen LogP contribution < -0.4 is 47.3 Å². The summed E-state index contributed by atoms with van der Waals surface area (Å²) in [5.74, 6) is -4.90. The number of hydrogen-bond donors (Lipinski definition) is 8. The van der Waals surface area contributed by atoms with Crippen LogP contribution >= 0.6 is 11.6 Å². The minimum absolute atomic E-state index is 0.0194. The van der Waals surface area contributed by atoms with Gasteiger partial charge in [0.25, 0.3) is 11.8 Å². The molecule has 2 fully saturated rings. The topological polar surface area (TPSA) is 328 Å². The third-order valence-corrected chi connectivity index (χ3v) is 15.5. The van der Waals surface area contributed by atoms with E-state index in [0.717, 1.165) is 22.6 Å². The number of ether oxygens (including phenoxy) is 5. The zero-order chi connectivity index (χ0) is 62.7. The second-order valence-corrected chi connectivity index (χ2v) is 22.2. The number of carbonyl (C=O) groups excluding carboxylic acids is 9. The molecule has 0 aliphatic carbocycles. The van der Waals surface area contributed by atoms with Gasteiger partial charge in [-0.1, -0.05) is 62.6 Å². The number of epoxide rings is 1. The number of nitrogens with one attached hydrogen (secondary N) is 6. The number of nitrogens with two attached hydrogens (primary N) is 1. The first-order chi connectivity index (χ1) is 40.0. The van der Waals surface area contributed by atoms with Crippen molar-refractivity contribution in [3.63, 3.8) is 0 Å². The summed E-state index contributed by atoms with van der Waals surface area (Å²) in [5, 5.41) is 26.4. The molecule has 2 saturated heterocycles. The van der Waals surface area contributed by atoms with Crippen LogP contribution in [0.1, 0.15) is 97.1 Å². The summed E-state index contributed by atoms with van der Waals surface area (Å²) in [4.78, 5) is 120. The average molecular weight is 1220 g/mol. The number of rotatable bonds is 20. The number of fused-ring (bicyclic) bond motifs is 5. The zero-order valence-corrected chi connectivity index (χ0v) is 49.1. The monoisotopic (exact) mass is 1220 g/mol. The number of allylic oxidation sites excluding steroid dienone is 3. The van der Waals surface area contributed by atoms with E-state index in [2.05, 4.69) is 31.9 Å². The maximum absolute atomic E-state index is 15.0. The molecule has 4 aliphatic rings. The van der Waals surface area contributed by atoms with Gasteiger partial charge in [0.05, 0.1) is 36.6 Å². The Balaban J connectivity index is 1.21. The van der Waals surface area contributed by atoms with E-state index in [4.69, 9.17) is 41.0 Å². The Bertz CT molecular complexity index is 2960. The molecule has 0 spiro atoms. The van der Waals surface area contributed by atoms with E-state index < -0.39 is 143 Å². The summed E-state index contributed by atoms with van der Waals surface area (Å²) >= 11 is 6.78. The standard InChI is InChI=1S/C57H73ClF3N9O15/c1-30(2)48(67-43(71)17-10-9-11-23-70-44(72)20-21-45(70)73)51(76)65-37(15-13-22-63-52(62)77)50(75)64-34-18-19-36(35(27-34)57(59,60)61)66-53(78)84-42-28-46(74)69(6)38-25-33(26-39(81-7)47(38)58)24-31(3)14-12-16-41(82-8)56(80)29-40(83-54(79)68-56)32(4)49-55(42,5)85-49/h12,14,16,18-21,25-27,30,32,37,40-42,48-49,80H,9-11,13,15,17,22-24,28-29H2,1-8H3,(H,64,75)(H,65,76)(H,66,78)(H,67,71)(H,68,79)(H3,62,63,77)/b16-12+,31-14+/t32-,37+,40+,41-,42+,48+,49+,55+,56+/m1/s1. The van der Waals surface area contributed by atoms with Crippen LogP contribution in [0.4, 0.5) is 44.6 Å². The molecule has 9 N–H and O–H groups in total. The lowest BCUT2D eigenvalue weighted by Gasteiger charge is -2.42. The summed E-state index contributed by atoms with van der Waals surface area (Å²) in [5.41, 5.74) is 0.584. The number of alkyl halides is 3. The lowest BCUT2D eigenvalue weighted by Crippen LogP contribution is -2.63. The fourth-order valence-corrected chi connectivity index (χ4v) is 10.6. The SMILES string of the molecule is COc1cc2cc(c1Cl)N(C)C(=O)C[C@H](OC(=O)Nc1ccc(NC(=O)[C@H](CCCNC(N)=O)NC(=O)[C@@H](NC(=O)CCCCCN3C(=O)C=CC3=O)C(C)C)cc1C(F)(F)F)[C@]1(C)O[C@H]1[C@H](C)[C@@H]1C[C@@](O)(NC(=O)O1)[C@H](OC)/C=C/C=C(\C)C2. The van der Waals surface area contributed by atoms with Crippen LogP contribution in [-0.4, -0.2) is 146 Å². The van der Waals surface area contributed by atoms with E-state index in [0.29, 0.717) is 37.3 Å². The van der Waals surface area contributed by atoms with Crippen LogP contribution in [0, 0.1) is 11.8 Å². The molecule has 464 valence electrons. The molecule has 10 amide bonds. The van der Waals surface area contributed by atoms with Crippen molar-refractivity contribution < 1.29 is 85.1 Å². The van der Waals surface area contributed by atoms with Crippen LogP contribution in [0.2, 0.25) is 5.02 Å². The fourth-order valence-electron chi connectivity index (χ4n) is 10.3. The maximum Gasteiger partial charge on any atom is 0.418 e. The molecule has 9 atom stereocenters. The van der Waals surface area contributed by atoms with Crippen molar-refractivity contribution in [2.24, 2.45) is 17.6 Å². The summed E-state index contributed by atoms with van der Waals surface area (Å²) in [6.45, 7) is 8.37. The highest BCUT2D eigenvalue weighted by molar-refractivity contribution is 6.35. The number of nitrogens with zero attached hydrogens (tertiary/aromatic N) is 2. The number of urea groups is 1. The van der Waals surface area contributed by atoms with Crippen molar-refractivity contribution in [3.05, 3.63) is 82.4 Å². The normalized spacial score (nSPS) is 25.1. The van der Waals surface area contributed by atoms with Crippen molar-refractivity contribution in [2.75, 3.05) is 49.9 Å². The number of alkyl carbamates (subject to hydrolysis) is 1. The first-order valence-electron chi connectivity index (χ1n) is 27.5. The number of unbranched alkanes of at least 4 members (excludes halogenated alkanes) is 2. The van der Waals surface area contributed by atoms with Gasteiger partial charge in [0.2, 0.25) is 23.6 Å². The predicted octanol–water partition coefficient (Wildman–Crippen LogP) is 5.89. The van der Waals surface area contributed by atoms with Gasteiger partial charge >= 0.3 is 24.4 Å². The van der Waals surface area contributed by atoms with Gasteiger partial charge in [-0.05, 0) is 87.8 Å². The van der Waals surface area contributed by atoms with Gasteiger partial charge in [0.1, 0.15) is 46.8 Å². The van der Waals surface area contributed by atoms with Crippen LogP contribution in [0.5, 0.6) is 5.75 Å². The fraction of sp³-hybridized carbons (Fsp3) is 0.526. The summed E-state index contributed by atoms with van der Waals surface area (Å²) in [6.07, 6.45) is -4.38. The van der Waals surface area contributed by atoms with Crippen molar-refractivity contribution in [3.8, 4) is 5.75 Å². The molecule has 0 unspecified atom stereocenters. The van der Waals surface area contributed by atoms with E-state index in [1.54, 1.807) is 51.1 Å². The zero-order valence-electron chi connectivity index (χ0n) is 48.3. The lowest BCUT2D eigenvalue weighted by molar-refractivity contribution is -0.142. The average Bonchev–Trinajstić information content (AvgIpc) is 2.44. The van der Waals surface area contributed by atoms with Crippen molar-refractivity contribution in [1.29, 1.82) is 0 Å². The number of carbonyl (C=O) groups is 9. The Morgan fingerprint density at radius 1 is 0.976 bits per heavy atom. The van der Waals surface area contributed by atoms with Gasteiger partial charge in [-0.15, -0.1) is 0 Å². The van der Waals surface area contributed by atoms with Crippen molar-refractivity contribution in [2.45, 2.75) is 146 Å². The van der Waals surface area contributed by atoms with Gasteiger partial charge in [0.15, 0.2) is 5.72 Å². The van der Waals surface area contributed by atoms with Gasteiger partial charge in [-0.2, -0.15) is 13.2 Å². The number of imide groups is 1. The van der Waals surface area contributed by atoms with E-state index >= 15 is 13.2 Å². The highest BCUT2D eigenvalue weighted by atomic mass is 35.5. The third kappa shape index (κ3) is 17.2. The molecule has 85 heavy (non-hydrogen) atoms. The Labute approximate surface area is 494 Å². The molecule has 0 saturated carbocycles. The molecule has 4 aliphatic heterocycles. The third-order valence-electron chi connectivity index (χ3n) is 15.1.